The normalized spacial score (nSPS) is 13.1. The lowest BCUT2D eigenvalue weighted by molar-refractivity contribution is 0.102. The summed E-state index contributed by atoms with van der Waals surface area (Å²) in [6, 6.07) is 13.4. The highest BCUT2D eigenvalue weighted by molar-refractivity contribution is 6.05. The highest BCUT2D eigenvalue weighted by atomic mass is 19.1. The highest BCUT2D eigenvalue weighted by Gasteiger charge is 2.18. The summed E-state index contributed by atoms with van der Waals surface area (Å²) in [5, 5.41) is 2.92. The highest BCUT2D eigenvalue weighted by Crippen LogP contribution is 2.32. The van der Waals surface area contributed by atoms with Gasteiger partial charge in [0.2, 0.25) is 0 Å². The maximum absolute atomic E-state index is 13.2. The Morgan fingerprint density at radius 1 is 1.00 bits per heavy atom. The summed E-state index contributed by atoms with van der Waals surface area (Å²) in [4.78, 5) is 12.9. The van der Waals surface area contributed by atoms with E-state index in [1.54, 1.807) is 30.3 Å². The number of halogens is 1. The zero-order valence-electron chi connectivity index (χ0n) is 15.8. The van der Waals surface area contributed by atoms with Crippen LogP contribution < -0.4 is 14.8 Å². The summed E-state index contributed by atoms with van der Waals surface area (Å²) in [6.45, 7) is 5.00. The average molecular weight is 380 g/mol. The van der Waals surface area contributed by atoms with Crippen LogP contribution in [-0.2, 0) is 0 Å². The maximum Gasteiger partial charge on any atom is 0.257 e. The molecule has 1 N–H and O–H groups in total. The maximum atomic E-state index is 13.2. The number of ether oxygens (including phenoxy) is 2. The molecule has 1 aliphatic rings. The molecule has 3 aromatic rings. The Kier molecular flexibility index (Phi) is 4.77. The molecule has 6 heteroatoms. The number of carbonyl (C=O) groups excluding carboxylic acids is 1. The number of aromatic nitrogens is 1. The van der Waals surface area contributed by atoms with Crippen LogP contribution in [0, 0.1) is 19.7 Å². The molecular weight excluding hydrogens is 359 g/mol. The molecule has 2 heterocycles. The summed E-state index contributed by atoms with van der Waals surface area (Å²) in [5.41, 5.74) is 3.70. The third kappa shape index (κ3) is 3.45. The van der Waals surface area contributed by atoms with Crippen LogP contribution in [0.1, 0.15) is 28.2 Å². The molecule has 0 saturated heterocycles. The number of fused-ring (bicyclic) bond motifs is 1. The van der Waals surface area contributed by atoms with Gasteiger partial charge in [-0.15, -0.1) is 0 Å². The van der Waals surface area contributed by atoms with E-state index in [4.69, 9.17) is 9.47 Å². The third-order valence-electron chi connectivity index (χ3n) is 4.77. The van der Waals surface area contributed by atoms with E-state index < -0.39 is 0 Å². The molecule has 1 amide bonds. The zero-order valence-corrected chi connectivity index (χ0v) is 15.8. The second-order valence-electron chi connectivity index (χ2n) is 6.76. The van der Waals surface area contributed by atoms with Crippen LogP contribution in [-0.4, -0.2) is 23.7 Å². The van der Waals surface area contributed by atoms with Crippen LogP contribution >= 0.6 is 0 Å². The molecule has 144 valence electrons. The Morgan fingerprint density at radius 2 is 1.71 bits per heavy atom. The molecule has 0 unspecified atom stereocenters. The standard InChI is InChI=1S/C22H21FN2O3/c1-14-12-19(15(2)25(14)18-7-4-16(23)5-8-18)22(26)24-17-6-9-20-21(13-17)28-11-3-10-27-20/h4-9,12-13H,3,10-11H2,1-2H3,(H,24,26). The van der Waals surface area contributed by atoms with Crippen LogP contribution in [0.15, 0.2) is 48.5 Å². The van der Waals surface area contributed by atoms with E-state index in [1.165, 1.54) is 12.1 Å². The summed E-state index contributed by atoms with van der Waals surface area (Å²) >= 11 is 0. The van der Waals surface area contributed by atoms with E-state index in [0.717, 1.165) is 23.5 Å². The first-order valence-electron chi connectivity index (χ1n) is 9.19. The largest absolute Gasteiger partial charge is 0.490 e. The van der Waals surface area contributed by atoms with Crippen LogP contribution in [0.3, 0.4) is 0 Å². The first-order chi connectivity index (χ1) is 13.5. The van der Waals surface area contributed by atoms with E-state index in [9.17, 15) is 9.18 Å². The Hall–Kier alpha value is -3.28. The molecule has 1 aromatic heterocycles. The Balaban J connectivity index is 1.60. The summed E-state index contributed by atoms with van der Waals surface area (Å²) in [5.74, 6) is 0.812. The number of anilines is 1. The van der Waals surface area contributed by atoms with Gasteiger partial charge in [-0.1, -0.05) is 0 Å². The van der Waals surface area contributed by atoms with Crippen molar-refractivity contribution in [3.63, 3.8) is 0 Å². The molecular formula is C22H21FN2O3. The number of benzene rings is 2. The van der Waals surface area contributed by atoms with Crippen LogP contribution in [0.4, 0.5) is 10.1 Å². The van der Waals surface area contributed by atoms with Gasteiger partial charge >= 0.3 is 0 Å². The van der Waals surface area contributed by atoms with Crippen molar-refractivity contribution in [3.05, 3.63) is 71.3 Å². The van der Waals surface area contributed by atoms with Crippen molar-refractivity contribution in [1.82, 2.24) is 4.57 Å². The van der Waals surface area contributed by atoms with Crippen LogP contribution in [0.2, 0.25) is 0 Å². The molecule has 0 radical (unpaired) electrons. The fourth-order valence-corrected chi connectivity index (χ4v) is 3.42. The van der Waals surface area contributed by atoms with Gasteiger partial charge in [0.05, 0.1) is 18.8 Å². The van der Waals surface area contributed by atoms with Gasteiger partial charge in [-0.3, -0.25) is 4.79 Å². The molecule has 0 saturated carbocycles. The van der Waals surface area contributed by atoms with Crippen molar-refractivity contribution >= 4 is 11.6 Å². The SMILES string of the molecule is Cc1cc(C(=O)Nc2ccc3c(c2)OCCCO3)c(C)n1-c1ccc(F)cc1. The van der Waals surface area contributed by atoms with Gasteiger partial charge in [0.1, 0.15) is 5.82 Å². The summed E-state index contributed by atoms with van der Waals surface area (Å²) < 4.78 is 26.5. The van der Waals surface area contributed by atoms with Gasteiger partial charge in [-0.25, -0.2) is 4.39 Å². The Labute approximate surface area is 162 Å². The minimum absolute atomic E-state index is 0.212. The average Bonchev–Trinajstić information content (AvgIpc) is 2.84. The molecule has 5 nitrogen and oxygen atoms in total. The van der Waals surface area contributed by atoms with Gasteiger partial charge in [-0.2, -0.15) is 0 Å². The van der Waals surface area contributed by atoms with Gasteiger partial charge in [0, 0.05) is 35.2 Å². The van der Waals surface area contributed by atoms with Crippen LogP contribution in [0.5, 0.6) is 11.5 Å². The number of rotatable bonds is 3. The van der Waals surface area contributed by atoms with Crippen molar-refractivity contribution in [3.8, 4) is 17.2 Å². The molecule has 0 spiro atoms. The molecule has 1 aliphatic heterocycles. The van der Waals surface area contributed by atoms with Crippen molar-refractivity contribution in [2.45, 2.75) is 20.3 Å². The number of nitrogens with zero attached hydrogens (tertiary/aromatic N) is 1. The van der Waals surface area contributed by atoms with Gasteiger partial charge in [0.15, 0.2) is 11.5 Å². The number of amides is 1. The lowest BCUT2D eigenvalue weighted by atomic mass is 10.2. The third-order valence-corrected chi connectivity index (χ3v) is 4.77. The topological polar surface area (TPSA) is 52.5 Å². The van der Waals surface area contributed by atoms with Crippen molar-refractivity contribution in [2.75, 3.05) is 18.5 Å². The minimum atomic E-state index is -0.293. The molecule has 0 fully saturated rings. The number of hydrogen-bond donors (Lipinski definition) is 1. The second-order valence-corrected chi connectivity index (χ2v) is 6.76. The molecule has 4 rings (SSSR count). The number of carbonyl (C=O) groups is 1. The van der Waals surface area contributed by atoms with E-state index in [0.29, 0.717) is 36.0 Å². The lowest BCUT2D eigenvalue weighted by Gasteiger charge is -2.11. The summed E-state index contributed by atoms with van der Waals surface area (Å²) in [6.07, 6.45) is 0.825. The molecule has 0 bridgehead atoms. The number of aryl methyl sites for hydroxylation is 1. The molecule has 0 atom stereocenters. The molecule has 2 aromatic carbocycles. The minimum Gasteiger partial charge on any atom is -0.490 e. The van der Waals surface area contributed by atoms with E-state index in [1.807, 2.05) is 24.5 Å². The van der Waals surface area contributed by atoms with Crippen molar-refractivity contribution < 1.29 is 18.7 Å². The first-order valence-corrected chi connectivity index (χ1v) is 9.19. The zero-order chi connectivity index (χ0) is 19.7. The molecule has 0 aliphatic carbocycles. The van der Waals surface area contributed by atoms with Crippen molar-refractivity contribution in [1.29, 1.82) is 0 Å². The monoisotopic (exact) mass is 380 g/mol. The fourth-order valence-electron chi connectivity index (χ4n) is 3.42. The van der Waals surface area contributed by atoms with E-state index >= 15 is 0 Å². The number of hydrogen-bond acceptors (Lipinski definition) is 3. The predicted octanol–water partition coefficient (Wildman–Crippen LogP) is 4.65. The quantitative estimate of drug-likeness (QED) is 0.720. The van der Waals surface area contributed by atoms with Gasteiger partial charge in [0.25, 0.3) is 5.91 Å². The second kappa shape index (κ2) is 7.38. The fraction of sp³-hybridized carbons (Fsp3) is 0.227. The smallest absolute Gasteiger partial charge is 0.257 e. The first kappa shape index (κ1) is 18.1. The summed E-state index contributed by atoms with van der Waals surface area (Å²) in [7, 11) is 0. The Morgan fingerprint density at radius 3 is 2.46 bits per heavy atom. The van der Waals surface area contributed by atoms with E-state index in [2.05, 4.69) is 5.32 Å². The van der Waals surface area contributed by atoms with Gasteiger partial charge in [-0.05, 0) is 56.3 Å². The van der Waals surface area contributed by atoms with Crippen LogP contribution in [0.25, 0.3) is 5.69 Å². The molecule has 28 heavy (non-hydrogen) atoms. The lowest BCUT2D eigenvalue weighted by Crippen LogP contribution is -2.13. The number of nitrogens with one attached hydrogen (secondary N) is 1. The predicted molar refractivity (Wildman–Crippen MR) is 105 cm³/mol. The van der Waals surface area contributed by atoms with Gasteiger partial charge < -0.3 is 19.4 Å². The van der Waals surface area contributed by atoms with Crippen molar-refractivity contribution in [2.24, 2.45) is 0 Å². The Bertz CT molecular complexity index is 1030. The van der Waals surface area contributed by atoms with E-state index in [-0.39, 0.29) is 11.7 Å².